The zero-order valence-electron chi connectivity index (χ0n) is 10.8. The van der Waals surface area contributed by atoms with Crippen molar-refractivity contribution in [1.82, 2.24) is 0 Å². The molecule has 1 aromatic rings. The fourth-order valence-corrected chi connectivity index (χ4v) is 1.50. The van der Waals surface area contributed by atoms with E-state index in [1.807, 2.05) is 26.0 Å². The van der Waals surface area contributed by atoms with Gasteiger partial charge >= 0.3 is 0 Å². The molecule has 0 fully saturated rings. The molecular weight excluding hydrogens is 218 g/mol. The van der Waals surface area contributed by atoms with Crippen molar-refractivity contribution in [2.45, 2.75) is 20.8 Å². The number of methoxy groups -OCH3 is 1. The van der Waals surface area contributed by atoms with E-state index in [1.165, 1.54) is 6.92 Å². The van der Waals surface area contributed by atoms with Crippen molar-refractivity contribution < 1.29 is 14.3 Å². The number of benzene rings is 1. The highest BCUT2D eigenvalue weighted by Crippen LogP contribution is 2.26. The molecule has 0 bridgehead atoms. The molecule has 1 N–H and O–H groups in total. The molecule has 4 heteroatoms. The van der Waals surface area contributed by atoms with E-state index < -0.39 is 0 Å². The summed E-state index contributed by atoms with van der Waals surface area (Å²) in [6.45, 7) is 6.47. The predicted molar refractivity (Wildman–Crippen MR) is 67.6 cm³/mol. The summed E-state index contributed by atoms with van der Waals surface area (Å²) in [5.74, 6) is 0.759. The van der Waals surface area contributed by atoms with Gasteiger partial charge in [0.2, 0.25) is 5.91 Å². The Kier molecular flexibility index (Phi) is 4.97. The van der Waals surface area contributed by atoms with Gasteiger partial charge in [-0.15, -0.1) is 0 Å². The molecular formula is C13H19NO3. The molecule has 17 heavy (non-hydrogen) atoms. The minimum absolute atomic E-state index is 0.0689. The Morgan fingerprint density at radius 2 is 1.94 bits per heavy atom. The molecule has 0 saturated heterocycles. The third kappa shape index (κ3) is 4.07. The molecule has 1 amide bonds. The number of hydrogen-bond acceptors (Lipinski definition) is 3. The summed E-state index contributed by atoms with van der Waals surface area (Å²) < 4.78 is 10.5. The van der Waals surface area contributed by atoms with Crippen LogP contribution in [0.25, 0.3) is 0 Å². The van der Waals surface area contributed by atoms with E-state index in [4.69, 9.17) is 9.47 Å². The van der Waals surface area contributed by atoms with Crippen molar-refractivity contribution in [2.24, 2.45) is 0 Å². The van der Waals surface area contributed by atoms with Gasteiger partial charge in [0.15, 0.2) is 0 Å². The number of anilines is 1. The van der Waals surface area contributed by atoms with Crippen molar-refractivity contribution in [1.29, 1.82) is 0 Å². The van der Waals surface area contributed by atoms with Gasteiger partial charge in [-0.1, -0.05) is 0 Å². The van der Waals surface area contributed by atoms with Gasteiger partial charge in [0.1, 0.15) is 12.4 Å². The number of nitrogens with one attached hydrogen (secondary N) is 1. The molecule has 0 saturated carbocycles. The standard InChI is InChI=1S/C13H19NO3/c1-9-8-13(17-6-5-16-4)10(2)7-12(9)14-11(3)15/h7-8H,5-6H2,1-4H3,(H,14,15). The number of carbonyl (C=O) groups is 1. The van der Waals surface area contributed by atoms with Crippen LogP contribution >= 0.6 is 0 Å². The highest BCUT2D eigenvalue weighted by molar-refractivity contribution is 5.89. The first kappa shape index (κ1) is 13.5. The Hall–Kier alpha value is -1.55. The van der Waals surface area contributed by atoms with Gasteiger partial charge in [-0.25, -0.2) is 0 Å². The van der Waals surface area contributed by atoms with Gasteiger partial charge in [0.05, 0.1) is 6.61 Å². The molecule has 0 aliphatic rings. The van der Waals surface area contributed by atoms with Crippen LogP contribution in [0.2, 0.25) is 0 Å². The summed E-state index contributed by atoms with van der Waals surface area (Å²) in [6, 6.07) is 3.84. The first-order valence-corrected chi connectivity index (χ1v) is 5.55. The van der Waals surface area contributed by atoms with Crippen LogP contribution < -0.4 is 10.1 Å². The summed E-state index contributed by atoms with van der Waals surface area (Å²) in [4.78, 5) is 11.0. The molecule has 94 valence electrons. The SMILES string of the molecule is COCCOc1cc(C)c(NC(C)=O)cc1C. The van der Waals surface area contributed by atoms with Crippen LogP contribution in [0, 0.1) is 13.8 Å². The van der Waals surface area contributed by atoms with Crippen LogP contribution in [0.15, 0.2) is 12.1 Å². The highest BCUT2D eigenvalue weighted by atomic mass is 16.5. The maximum absolute atomic E-state index is 11.0. The lowest BCUT2D eigenvalue weighted by molar-refractivity contribution is -0.114. The normalized spacial score (nSPS) is 10.1. The van der Waals surface area contributed by atoms with E-state index in [0.717, 1.165) is 22.6 Å². The lowest BCUT2D eigenvalue weighted by atomic mass is 10.1. The topological polar surface area (TPSA) is 47.6 Å². The summed E-state index contributed by atoms with van der Waals surface area (Å²) in [7, 11) is 1.64. The Morgan fingerprint density at radius 3 is 2.53 bits per heavy atom. The van der Waals surface area contributed by atoms with Crippen molar-refractivity contribution in [3.8, 4) is 5.75 Å². The van der Waals surface area contributed by atoms with Crippen LogP contribution in [0.4, 0.5) is 5.69 Å². The minimum atomic E-state index is -0.0689. The van der Waals surface area contributed by atoms with Crippen LogP contribution in [0.3, 0.4) is 0 Å². The smallest absolute Gasteiger partial charge is 0.221 e. The Morgan fingerprint density at radius 1 is 1.24 bits per heavy atom. The third-order valence-corrected chi connectivity index (χ3v) is 2.38. The largest absolute Gasteiger partial charge is 0.491 e. The molecule has 1 rings (SSSR count). The number of aryl methyl sites for hydroxylation is 2. The molecule has 0 aliphatic carbocycles. The van der Waals surface area contributed by atoms with Gasteiger partial charge in [0.25, 0.3) is 0 Å². The van der Waals surface area contributed by atoms with Gasteiger partial charge in [-0.05, 0) is 37.1 Å². The van der Waals surface area contributed by atoms with E-state index in [2.05, 4.69) is 5.32 Å². The summed E-state index contributed by atoms with van der Waals surface area (Å²) in [5, 5.41) is 2.79. The van der Waals surface area contributed by atoms with Gasteiger partial charge in [-0.3, -0.25) is 4.79 Å². The van der Waals surface area contributed by atoms with Gasteiger partial charge in [0, 0.05) is 19.7 Å². The number of carbonyl (C=O) groups excluding carboxylic acids is 1. The molecule has 0 atom stereocenters. The average Bonchev–Trinajstić information content (AvgIpc) is 2.24. The van der Waals surface area contributed by atoms with Crippen LogP contribution in [0.1, 0.15) is 18.1 Å². The molecule has 0 unspecified atom stereocenters. The maximum Gasteiger partial charge on any atom is 0.221 e. The summed E-state index contributed by atoms with van der Waals surface area (Å²) in [5.41, 5.74) is 2.81. The Balaban J connectivity index is 2.81. The number of ether oxygens (including phenoxy) is 2. The summed E-state index contributed by atoms with van der Waals surface area (Å²) in [6.07, 6.45) is 0. The highest BCUT2D eigenvalue weighted by Gasteiger charge is 2.06. The van der Waals surface area contributed by atoms with E-state index in [-0.39, 0.29) is 5.91 Å². The quantitative estimate of drug-likeness (QED) is 0.799. The average molecular weight is 237 g/mol. The van der Waals surface area contributed by atoms with Crippen molar-refractivity contribution in [2.75, 3.05) is 25.6 Å². The second kappa shape index (κ2) is 6.25. The number of amides is 1. The zero-order valence-corrected chi connectivity index (χ0v) is 10.8. The van der Waals surface area contributed by atoms with Crippen molar-refractivity contribution in [3.63, 3.8) is 0 Å². The van der Waals surface area contributed by atoms with Gasteiger partial charge in [-0.2, -0.15) is 0 Å². The maximum atomic E-state index is 11.0. The molecule has 1 aromatic carbocycles. The molecule has 4 nitrogen and oxygen atoms in total. The molecule has 0 radical (unpaired) electrons. The molecule has 0 aliphatic heterocycles. The molecule has 0 aromatic heterocycles. The van der Waals surface area contributed by atoms with Gasteiger partial charge < -0.3 is 14.8 Å². The van der Waals surface area contributed by atoms with E-state index in [9.17, 15) is 4.79 Å². The second-order valence-corrected chi connectivity index (χ2v) is 3.96. The van der Waals surface area contributed by atoms with E-state index in [1.54, 1.807) is 7.11 Å². The fraction of sp³-hybridized carbons (Fsp3) is 0.462. The predicted octanol–water partition coefficient (Wildman–Crippen LogP) is 2.29. The first-order chi connectivity index (χ1) is 8.04. The zero-order chi connectivity index (χ0) is 12.8. The van der Waals surface area contributed by atoms with Crippen molar-refractivity contribution in [3.05, 3.63) is 23.3 Å². The Bertz CT molecular complexity index is 402. The first-order valence-electron chi connectivity index (χ1n) is 5.55. The molecule has 0 heterocycles. The van der Waals surface area contributed by atoms with Crippen LogP contribution in [0.5, 0.6) is 5.75 Å². The van der Waals surface area contributed by atoms with Crippen LogP contribution in [-0.2, 0) is 9.53 Å². The lowest BCUT2D eigenvalue weighted by Crippen LogP contribution is -2.09. The fourth-order valence-electron chi connectivity index (χ4n) is 1.50. The minimum Gasteiger partial charge on any atom is -0.491 e. The van der Waals surface area contributed by atoms with Crippen molar-refractivity contribution >= 4 is 11.6 Å². The summed E-state index contributed by atoms with van der Waals surface area (Å²) >= 11 is 0. The van der Waals surface area contributed by atoms with Crippen LogP contribution in [-0.4, -0.2) is 26.2 Å². The van der Waals surface area contributed by atoms with E-state index in [0.29, 0.717) is 13.2 Å². The monoisotopic (exact) mass is 237 g/mol. The number of hydrogen-bond donors (Lipinski definition) is 1. The molecule has 0 spiro atoms. The third-order valence-electron chi connectivity index (χ3n) is 2.38. The Labute approximate surface area is 102 Å². The van der Waals surface area contributed by atoms with E-state index >= 15 is 0 Å². The lowest BCUT2D eigenvalue weighted by Gasteiger charge is -2.13. The second-order valence-electron chi connectivity index (χ2n) is 3.96. The number of rotatable bonds is 5.